The molecule has 6 heteroatoms. The Hall–Kier alpha value is -1.63. The molecule has 2 N–H and O–H groups in total. The molecular weight excluding hydrogens is 370 g/mol. The van der Waals surface area contributed by atoms with Gasteiger partial charge in [0.2, 0.25) is 0 Å². The molecule has 5 rings (SSSR count). The molecule has 1 aromatic carbocycles. The van der Waals surface area contributed by atoms with Gasteiger partial charge in [0.1, 0.15) is 0 Å². The van der Waals surface area contributed by atoms with Crippen molar-refractivity contribution in [2.75, 3.05) is 26.3 Å². The Kier molecular flexibility index (Phi) is 4.84. The van der Waals surface area contributed by atoms with E-state index in [1.165, 1.54) is 18.4 Å². The van der Waals surface area contributed by atoms with Gasteiger partial charge < -0.3 is 19.7 Å². The number of nitrogens with zero attached hydrogens (tertiary/aromatic N) is 1. The monoisotopic (exact) mass is 401 g/mol. The highest BCUT2D eigenvalue weighted by atomic mass is 16.5. The maximum Gasteiger partial charge on any atom is 0.174 e. The molecule has 29 heavy (non-hydrogen) atoms. The molecule has 6 nitrogen and oxygen atoms in total. The van der Waals surface area contributed by atoms with Crippen LogP contribution in [0.15, 0.2) is 12.1 Å². The van der Waals surface area contributed by atoms with Crippen molar-refractivity contribution in [2.45, 2.75) is 69.1 Å². The van der Waals surface area contributed by atoms with Crippen molar-refractivity contribution in [3.05, 3.63) is 23.3 Å². The Balaban J connectivity index is 1.61. The van der Waals surface area contributed by atoms with Crippen molar-refractivity contribution in [1.29, 1.82) is 0 Å². The number of ketones is 1. The zero-order valence-corrected chi connectivity index (χ0v) is 17.1. The van der Waals surface area contributed by atoms with Crippen molar-refractivity contribution >= 4 is 5.78 Å². The Morgan fingerprint density at radius 2 is 2.17 bits per heavy atom. The van der Waals surface area contributed by atoms with Crippen LogP contribution in [0.4, 0.5) is 0 Å². The lowest BCUT2D eigenvalue weighted by Crippen LogP contribution is -2.65. The predicted molar refractivity (Wildman–Crippen MR) is 107 cm³/mol. The maximum atomic E-state index is 12.8. The van der Waals surface area contributed by atoms with Crippen LogP contribution in [0, 0.1) is 5.92 Å². The lowest BCUT2D eigenvalue weighted by molar-refractivity contribution is -0.166. The van der Waals surface area contributed by atoms with Crippen molar-refractivity contribution in [1.82, 2.24) is 4.90 Å². The fourth-order valence-corrected chi connectivity index (χ4v) is 5.87. The van der Waals surface area contributed by atoms with Crippen LogP contribution in [-0.2, 0) is 16.0 Å². The summed E-state index contributed by atoms with van der Waals surface area (Å²) in [6, 6.07) is 3.86. The van der Waals surface area contributed by atoms with E-state index in [2.05, 4.69) is 11.8 Å². The predicted octanol–water partition coefficient (Wildman–Crippen LogP) is 2.39. The quantitative estimate of drug-likeness (QED) is 0.651. The summed E-state index contributed by atoms with van der Waals surface area (Å²) in [5, 5.41) is 19.8. The average molecular weight is 402 g/mol. The van der Waals surface area contributed by atoms with Gasteiger partial charge in [0.25, 0.3) is 0 Å². The number of aromatic hydroxyl groups is 1. The van der Waals surface area contributed by atoms with E-state index < -0.39 is 11.7 Å². The van der Waals surface area contributed by atoms with Gasteiger partial charge in [-0.05, 0) is 56.2 Å². The molecular formula is C23H31NO5. The number of hydrogen-bond donors (Lipinski definition) is 2. The zero-order chi connectivity index (χ0) is 20.2. The molecule has 2 fully saturated rings. The number of hydrogen-bond acceptors (Lipinski definition) is 6. The summed E-state index contributed by atoms with van der Waals surface area (Å²) in [4.78, 5) is 15.4. The van der Waals surface area contributed by atoms with Gasteiger partial charge in [-0.3, -0.25) is 9.69 Å². The van der Waals surface area contributed by atoms with Crippen LogP contribution in [0.2, 0.25) is 0 Å². The Bertz CT molecular complexity index is 807. The summed E-state index contributed by atoms with van der Waals surface area (Å²) in [5.41, 5.74) is 1.62. The minimum Gasteiger partial charge on any atom is -0.504 e. The molecule has 0 bridgehead atoms. The molecule has 0 spiro atoms. The van der Waals surface area contributed by atoms with Gasteiger partial charge in [-0.1, -0.05) is 13.0 Å². The normalized spacial score (nSPS) is 32.4. The van der Waals surface area contributed by atoms with E-state index in [9.17, 15) is 15.0 Å². The maximum absolute atomic E-state index is 12.8. The molecule has 158 valence electrons. The number of likely N-dealkylation sites (N-methyl/N-ethyl adjacent to an activating group) is 1. The van der Waals surface area contributed by atoms with E-state index in [1.54, 1.807) is 6.07 Å². The van der Waals surface area contributed by atoms with E-state index in [1.807, 2.05) is 6.07 Å². The Morgan fingerprint density at radius 1 is 1.34 bits per heavy atom. The third-order valence-corrected chi connectivity index (χ3v) is 7.42. The number of benzene rings is 1. The van der Waals surface area contributed by atoms with E-state index >= 15 is 0 Å². The molecule has 1 aromatic rings. The second kappa shape index (κ2) is 7.25. The van der Waals surface area contributed by atoms with Crippen molar-refractivity contribution in [2.24, 2.45) is 5.92 Å². The standard InChI is InChI=1S/C23H31NO5/c1-2-24(13-14-4-5-14)18-12-15-6-7-16(26)21-19(15)20-22(29-21)17(27)8-9-23(18,20)28-11-3-10-25/h6-7,14,18,20,22,25-26H,2-5,8-13H2,1H3/t18-,20?,22+,23-/m1/s1. The first-order chi connectivity index (χ1) is 14.1. The van der Waals surface area contributed by atoms with Crippen LogP contribution in [-0.4, -0.2) is 64.9 Å². The molecule has 3 aliphatic carbocycles. The first kappa shape index (κ1) is 19.3. The van der Waals surface area contributed by atoms with Crippen LogP contribution in [0.25, 0.3) is 0 Å². The number of rotatable bonds is 8. The molecule has 0 amide bonds. The second-order valence-corrected chi connectivity index (χ2v) is 9.10. The highest BCUT2D eigenvalue weighted by molar-refractivity contribution is 5.88. The summed E-state index contributed by atoms with van der Waals surface area (Å²) in [6.07, 6.45) is 4.53. The lowest BCUT2D eigenvalue weighted by atomic mass is 9.61. The van der Waals surface area contributed by atoms with Gasteiger partial charge in [-0.15, -0.1) is 0 Å². The third-order valence-electron chi connectivity index (χ3n) is 7.42. The van der Waals surface area contributed by atoms with E-state index in [0.717, 1.165) is 31.0 Å². The molecule has 0 radical (unpaired) electrons. The molecule has 4 atom stereocenters. The minimum absolute atomic E-state index is 0.0897. The largest absolute Gasteiger partial charge is 0.504 e. The summed E-state index contributed by atoms with van der Waals surface area (Å²) < 4.78 is 12.7. The van der Waals surface area contributed by atoms with E-state index in [0.29, 0.717) is 31.6 Å². The first-order valence-electron chi connectivity index (χ1n) is 11.1. The summed E-state index contributed by atoms with van der Waals surface area (Å²) >= 11 is 0. The highest BCUT2D eigenvalue weighted by Crippen LogP contribution is 2.59. The van der Waals surface area contributed by atoms with E-state index in [4.69, 9.17) is 9.47 Å². The summed E-state index contributed by atoms with van der Waals surface area (Å²) in [7, 11) is 0. The van der Waals surface area contributed by atoms with Crippen LogP contribution in [0.5, 0.6) is 11.5 Å². The molecule has 1 heterocycles. The van der Waals surface area contributed by atoms with Gasteiger partial charge in [0, 0.05) is 37.8 Å². The topological polar surface area (TPSA) is 79.2 Å². The number of aliphatic hydroxyl groups excluding tert-OH is 1. The summed E-state index contributed by atoms with van der Waals surface area (Å²) in [6.45, 7) is 4.77. The fraction of sp³-hybridized carbons (Fsp3) is 0.696. The fourth-order valence-electron chi connectivity index (χ4n) is 5.87. The van der Waals surface area contributed by atoms with Gasteiger partial charge in [0.15, 0.2) is 23.4 Å². The first-order valence-corrected chi connectivity index (χ1v) is 11.1. The zero-order valence-electron chi connectivity index (χ0n) is 17.1. The average Bonchev–Trinajstić information content (AvgIpc) is 3.44. The number of phenols is 1. The van der Waals surface area contributed by atoms with Crippen LogP contribution >= 0.6 is 0 Å². The lowest BCUT2D eigenvalue weighted by Gasteiger charge is -2.54. The van der Waals surface area contributed by atoms with Gasteiger partial charge >= 0.3 is 0 Å². The minimum atomic E-state index is -0.581. The number of carbonyl (C=O) groups excluding carboxylic acids is 1. The molecule has 0 aromatic heterocycles. The molecule has 1 aliphatic heterocycles. The number of aliphatic hydroxyl groups is 1. The molecule has 4 aliphatic rings. The molecule has 1 unspecified atom stereocenters. The van der Waals surface area contributed by atoms with Gasteiger partial charge in [0.05, 0.1) is 11.5 Å². The molecule has 0 saturated heterocycles. The number of Topliss-reactive ketones (excluding diaryl/α,β-unsaturated/α-hetero) is 1. The number of ether oxygens (including phenoxy) is 2. The second-order valence-electron chi connectivity index (χ2n) is 9.10. The van der Waals surface area contributed by atoms with Crippen LogP contribution < -0.4 is 4.74 Å². The number of phenolic OH excluding ortho intramolecular Hbond substituents is 1. The highest BCUT2D eigenvalue weighted by Gasteiger charge is 2.63. The smallest absolute Gasteiger partial charge is 0.174 e. The van der Waals surface area contributed by atoms with Crippen LogP contribution in [0.1, 0.15) is 56.1 Å². The van der Waals surface area contributed by atoms with Crippen molar-refractivity contribution < 1.29 is 24.5 Å². The summed E-state index contributed by atoms with van der Waals surface area (Å²) in [5.74, 6) is 1.27. The Morgan fingerprint density at radius 3 is 2.90 bits per heavy atom. The third kappa shape index (κ3) is 2.99. The van der Waals surface area contributed by atoms with Gasteiger partial charge in [-0.25, -0.2) is 0 Å². The van der Waals surface area contributed by atoms with Crippen LogP contribution in [0.3, 0.4) is 0 Å². The van der Waals surface area contributed by atoms with Crippen molar-refractivity contribution in [3.63, 3.8) is 0 Å². The Labute approximate surface area is 171 Å². The van der Waals surface area contributed by atoms with E-state index in [-0.39, 0.29) is 30.1 Å². The van der Waals surface area contributed by atoms with Crippen molar-refractivity contribution in [3.8, 4) is 11.5 Å². The number of carbonyl (C=O) groups is 1. The van der Waals surface area contributed by atoms with Gasteiger partial charge in [-0.2, -0.15) is 0 Å². The SMILES string of the molecule is CCN(CC1CC1)[C@@H]1Cc2ccc(O)c3c2C2[C@@H](O3)C(=O)CC[C@]21OCCCO. The molecule has 2 saturated carbocycles.